The van der Waals surface area contributed by atoms with Gasteiger partial charge in [-0.1, -0.05) is 44.4 Å². The fourth-order valence-corrected chi connectivity index (χ4v) is 2.42. The molecule has 4 heteroatoms. The Balaban J connectivity index is 2.86. The van der Waals surface area contributed by atoms with Crippen LogP contribution in [0.1, 0.15) is 44.7 Å². The van der Waals surface area contributed by atoms with Crippen LogP contribution in [0, 0.1) is 11.7 Å². The van der Waals surface area contributed by atoms with E-state index in [-0.39, 0.29) is 11.9 Å². The molecule has 0 fully saturated rings. The van der Waals surface area contributed by atoms with Gasteiger partial charge in [-0.15, -0.1) is 0 Å². The number of hydrogen-bond acceptors (Lipinski definition) is 2. The lowest BCUT2D eigenvalue weighted by Crippen LogP contribution is -2.30. The molecule has 0 amide bonds. The minimum absolute atomic E-state index is 0.231. The highest BCUT2D eigenvalue weighted by Gasteiger charge is 2.19. The van der Waals surface area contributed by atoms with Crippen LogP contribution in [0.25, 0.3) is 0 Å². The van der Waals surface area contributed by atoms with Crippen molar-refractivity contribution in [3.8, 4) is 0 Å². The van der Waals surface area contributed by atoms with Gasteiger partial charge in [0.2, 0.25) is 0 Å². The SMILES string of the molecule is CCCC(C)CC(NN)c1c(F)cccc1Cl. The molecule has 0 aromatic heterocycles. The Hall–Kier alpha value is -0.640. The maximum absolute atomic E-state index is 13.7. The summed E-state index contributed by atoms with van der Waals surface area (Å²) in [5, 5.41) is 0.427. The fourth-order valence-electron chi connectivity index (χ4n) is 2.13. The van der Waals surface area contributed by atoms with Crippen LogP contribution in [-0.4, -0.2) is 0 Å². The van der Waals surface area contributed by atoms with Crippen molar-refractivity contribution in [1.82, 2.24) is 5.43 Å². The molecular weight excluding hydrogens is 239 g/mol. The Labute approximate surface area is 107 Å². The predicted octanol–water partition coefficient (Wildman–Crippen LogP) is 3.81. The maximum atomic E-state index is 13.7. The first-order valence-electron chi connectivity index (χ1n) is 6.00. The minimum atomic E-state index is -0.302. The molecule has 0 aliphatic heterocycles. The number of benzene rings is 1. The van der Waals surface area contributed by atoms with Gasteiger partial charge in [-0.05, 0) is 24.5 Å². The van der Waals surface area contributed by atoms with Crippen molar-refractivity contribution in [2.24, 2.45) is 11.8 Å². The van der Waals surface area contributed by atoms with Crippen LogP contribution in [0.15, 0.2) is 18.2 Å². The lowest BCUT2D eigenvalue weighted by Gasteiger charge is -2.21. The van der Waals surface area contributed by atoms with Crippen LogP contribution in [0.5, 0.6) is 0 Å². The Morgan fingerprint density at radius 3 is 2.71 bits per heavy atom. The van der Waals surface area contributed by atoms with Gasteiger partial charge in [-0.25, -0.2) is 4.39 Å². The van der Waals surface area contributed by atoms with E-state index in [9.17, 15) is 4.39 Å². The van der Waals surface area contributed by atoms with Crippen LogP contribution >= 0.6 is 11.6 Å². The monoisotopic (exact) mass is 258 g/mol. The Morgan fingerprint density at radius 1 is 1.47 bits per heavy atom. The Bertz CT molecular complexity index is 337. The standard InChI is InChI=1S/C13H20ClFN2/c1-3-5-9(2)8-12(17-16)13-10(14)6-4-7-11(13)15/h4,6-7,9,12,17H,3,5,8,16H2,1-2H3. The molecule has 0 aliphatic rings. The Morgan fingerprint density at radius 2 is 2.18 bits per heavy atom. The number of nitrogens with two attached hydrogens (primary N) is 1. The zero-order valence-corrected chi connectivity index (χ0v) is 11.1. The maximum Gasteiger partial charge on any atom is 0.129 e. The largest absolute Gasteiger partial charge is 0.271 e. The molecule has 2 nitrogen and oxygen atoms in total. The molecule has 17 heavy (non-hydrogen) atoms. The van der Waals surface area contributed by atoms with E-state index in [1.165, 1.54) is 6.07 Å². The average Bonchev–Trinajstić information content (AvgIpc) is 2.27. The van der Waals surface area contributed by atoms with Gasteiger partial charge in [0.05, 0.1) is 6.04 Å². The third-order valence-corrected chi connectivity index (χ3v) is 3.30. The fraction of sp³-hybridized carbons (Fsp3) is 0.538. The van der Waals surface area contributed by atoms with Crippen LogP contribution in [0.3, 0.4) is 0 Å². The Kier molecular flexibility index (Phi) is 5.89. The predicted molar refractivity (Wildman–Crippen MR) is 70.2 cm³/mol. The second kappa shape index (κ2) is 6.94. The molecule has 2 unspecified atom stereocenters. The smallest absolute Gasteiger partial charge is 0.129 e. The molecule has 0 saturated carbocycles. The molecule has 0 aliphatic carbocycles. The molecular formula is C13H20ClFN2. The van der Waals surface area contributed by atoms with Gasteiger partial charge >= 0.3 is 0 Å². The second-order valence-corrected chi connectivity index (χ2v) is 4.89. The first kappa shape index (κ1) is 14.4. The summed E-state index contributed by atoms with van der Waals surface area (Å²) in [4.78, 5) is 0. The number of halogens is 2. The topological polar surface area (TPSA) is 38.0 Å². The van der Waals surface area contributed by atoms with Crippen LogP contribution < -0.4 is 11.3 Å². The first-order chi connectivity index (χ1) is 8.10. The molecule has 0 spiro atoms. The number of nitrogens with one attached hydrogen (secondary N) is 1. The molecule has 0 heterocycles. The van der Waals surface area contributed by atoms with Gasteiger partial charge in [0.25, 0.3) is 0 Å². The third-order valence-electron chi connectivity index (χ3n) is 2.97. The van der Waals surface area contributed by atoms with Crippen LogP contribution in [-0.2, 0) is 0 Å². The van der Waals surface area contributed by atoms with E-state index in [0.29, 0.717) is 16.5 Å². The molecule has 96 valence electrons. The lowest BCUT2D eigenvalue weighted by atomic mass is 9.93. The van der Waals surface area contributed by atoms with Gasteiger partial charge in [0.15, 0.2) is 0 Å². The highest BCUT2D eigenvalue weighted by Crippen LogP contribution is 2.30. The van der Waals surface area contributed by atoms with E-state index < -0.39 is 0 Å². The van der Waals surface area contributed by atoms with Crippen molar-refractivity contribution < 1.29 is 4.39 Å². The van der Waals surface area contributed by atoms with E-state index in [1.54, 1.807) is 12.1 Å². The average molecular weight is 259 g/mol. The molecule has 1 aromatic carbocycles. The van der Waals surface area contributed by atoms with E-state index in [4.69, 9.17) is 17.4 Å². The van der Waals surface area contributed by atoms with Crippen LogP contribution in [0.4, 0.5) is 4.39 Å². The number of hydrogen-bond donors (Lipinski definition) is 2. The molecule has 2 atom stereocenters. The van der Waals surface area contributed by atoms with E-state index in [0.717, 1.165) is 19.3 Å². The molecule has 1 aromatic rings. The third kappa shape index (κ3) is 3.95. The van der Waals surface area contributed by atoms with Crippen molar-refractivity contribution in [2.75, 3.05) is 0 Å². The molecule has 0 saturated heterocycles. The summed E-state index contributed by atoms with van der Waals surface area (Å²) >= 11 is 6.03. The van der Waals surface area contributed by atoms with Crippen molar-refractivity contribution in [3.63, 3.8) is 0 Å². The minimum Gasteiger partial charge on any atom is -0.271 e. The summed E-state index contributed by atoms with van der Waals surface area (Å²) in [6.07, 6.45) is 3.00. The molecule has 3 N–H and O–H groups in total. The van der Waals surface area contributed by atoms with Crippen molar-refractivity contribution in [2.45, 2.75) is 39.2 Å². The van der Waals surface area contributed by atoms with Gasteiger partial charge in [-0.3, -0.25) is 11.3 Å². The van der Waals surface area contributed by atoms with Crippen molar-refractivity contribution in [3.05, 3.63) is 34.6 Å². The first-order valence-corrected chi connectivity index (χ1v) is 6.38. The summed E-state index contributed by atoms with van der Waals surface area (Å²) in [5.41, 5.74) is 3.14. The highest BCUT2D eigenvalue weighted by atomic mass is 35.5. The lowest BCUT2D eigenvalue weighted by molar-refractivity contribution is 0.385. The molecule has 0 radical (unpaired) electrons. The molecule has 0 bridgehead atoms. The van der Waals surface area contributed by atoms with E-state index in [1.807, 2.05) is 0 Å². The summed E-state index contributed by atoms with van der Waals surface area (Å²) in [5.74, 6) is 5.69. The van der Waals surface area contributed by atoms with Crippen molar-refractivity contribution >= 4 is 11.6 Å². The quantitative estimate of drug-likeness (QED) is 0.602. The zero-order chi connectivity index (χ0) is 12.8. The summed E-state index contributed by atoms with van der Waals surface area (Å²) in [6.45, 7) is 4.28. The summed E-state index contributed by atoms with van der Waals surface area (Å²) in [7, 11) is 0. The van der Waals surface area contributed by atoms with Crippen molar-refractivity contribution in [1.29, 1.82) is 0 Å². The van der Waals surface area contributed by atoms with E-state index >= 15 is 0 Å². The van der Waals surface area contributed by atoms with Gasteiger partial charge < -0.3 is 0 Å². The summed E-state index contributed by atoms with van der Waals surface area (Å²) in [6, 6.07) is 4.47. The second-order valence-electron chi connectivity index (χ2n) is 4.48. The summed E-state index contributed by atoms with van der Waals surface area (Å²) < 4.78 is 13.7. The normalized spacial score (nSPS) is 14.6. The zero-order valence-electron chi connectivity index (χ0n) is 10.3. The van der Waals surface area contributed by atoms with E-state index in [2.05, 4.69) is 19.3 Å². The molecule has 1 rings (SSSR count). The van der Waals surface area contributed by atoms with Gasteiger partial charge in [0.1, 0.15) is 5.82 Å². The highest BCUT2D eigenvalue weighted by molar-refractivity contribution is 6.31. The number of rotatable bonds is 6. The van der Waals surface area contributed by atoms with Gasteiger partial charge in [0, 0.05) is 10.6 Å². The van der Waals surface area contributed by atoms with Crippen LogP contribution in [0.2, 0.25) is 5.02 Å². The number of hydrazine groups is 1. The van der Waals surface area contributed by atoms with Gasteiger partial charge in [-0.2, -0.15) is 0 Å².